The minimum absolute atomic E-state index is 0.0283. The molecule has 0 aromatic heterocycles. The molecule has 1 unspecified atom stereocenters. The summed E-state index contributed by atoms with van der Waals surface area (Å²) in [5, 5.41) is 1.17. The molecule has 5 heteroatoms. The van der Waals surface area contributed by atoms with Gasteiger partial charge in [0.15, 0.2) is 5.78 Å². The number of Topliss-reactive ketones (excluding diaryl/α,β-unsaturated/α-hetero) is 1. The fourth-order valence-electron chi connectivity index (χ4n) is 2.23. The first-order valence-electron chi connectivity index (χ1n) is 5.99. The average Bonchev–Trinajstić information content (AvgIpc) is 2.39. The normalized spacial score (nSPS) is 17.6. The Morgan fingerprint density at radius 1 is 1.10 bits per heavy atom. The maximum atomic E-state index is 12.2. The van der Waals surface area contributed by atoms with Gasteiger partial charge in [-0.2, -0.15) is 0 Å². The molecule has 0 amide bonds. The van der Waals surface area contributed by atoms with Crippen LogP contribution < -0.4 is 4.74 Å². The van der Waals surface area contributed by atoms with Crippen LogP contribution in [0.3, 0.4) is 0 Å². The summed E-state index contributed by atoms with van der Waals surface area (Å²) in [5.74, 6) is 0.595. The van der Waals surface area contributed by atoms with Gasteiger partial charge in [-0.05, 0) is 30.3 Å². The van der Waals surface area contributed by atoms with Crippen LogP contribution in [0.25, 0.3) is 0 Å². The van der Waals surface area contributed by atoms with Gasteiger partial charge in [-0.25, -0.2) is 0 Å². The lowest BCUT2D eigenvalue weighted by atomic mass is 9.96. The van der Waals surface area contributed by atoms with Crippen LogP contribution >= 0.6 is 39.1 Å². The summed E-state index contributed by atoms with van der Waals surface area (Å²) in [4.78, 5) is 12.2. The molecule has 0 saturated carbocycles. The molecule has 3 rings (SSSR count). The first-order valence-corrected chi connectivity index (χ1v) is 7.54. The Morgan fingerprint density at radius 3 is 2.55 bits per heavy atom. The van der Waals surface area contributed by atoms with E-state index in [1.165, 1.54) is 0 Å². The molecule has 0 fully saturated rings. The van der Waals surface area contributed by atoms with Crippen LogP contribution in [0.5, 0.6) is 5.75 Å². The van der Waals surface area contributed by atoms with Crippen LogP contribution in [0.15, 0.2) is 40.9 Å². The summed E-state index contributed by atoms with van der Waals surface area (Å²) in [6.45, 7) is 0. The first-order chi connectivity index (χ1) is 9.54. The Balaban J connectivity index is 1.99. The Hall–Kier alpha value is -1.03. The van der Waals surface area contributed by atoms with Crippen LogP contribution in [0, 0.1) is 0 Å². The molecule has 2 aromatic carbocycles. The Morgan fingerprint density at radius 2 is 1.80 bits per heavy atom. The smallest absolute Gasteiger partial charge is 0.170 e. The van der Waals surface area contributed by atoms with Crippen LogP contribution in [-0.4, -0.2) is 5.78 Å². The van der Waals surface area contributed by atoms with Gasteiger partial charge in [-0.15, -0.1) is 0 Å². The van der Waals surface area contributed by atoms with Crippen molar-refractivity contribution in [3.63, 3.8) is 0 Å². The lowest BCUT2D eigenvalue weighted by Gasteiger charge is -2.26. The molecule has 20 heavy (non-hydrogen) atoms. The highest BCUT2D eigenvalue weighted by molar-refractivity contribution is 9.10. The first kappa shape index (κ1) is 13.9. The van der Waals surface area contributed by atoms with Crippen LogP contribution in [0.1, 0.15) is 28.4 Å². The topological polar surface area (TPSA) is 26.3 Å². The average molecular weight is 372 g/mol. The van der Waals surface area contributed by atoms with Gasteiger partial charge in [-0.3, -0.25) is 4.79 Å². The maximum absolute atomic E-state index is 12.2. The van der Waals surface area contributed by atoms with Gasteiger partial charge in [0.25, 0.3) is 0 Å². The van der Waals surface area contributed by atoms with Gasteiger partial charge in [0.2, 0.25) is 0 Å². The summed E-state index contributed by atoms with van der Waals surface area (Å²) in [6, 6.07) is 10.5. The number of ether oxygens (including phenoxy) is 1. The van der Waals surface area contributed by atoms with Gasteiger partial charge >= 0.3 is 0 Å². The molecule has 2 nitrogen and oxygen atoms in total. The Bertz CT molecular complexity index is 700. The Labute approximate surface area is 134 Å². The second-order valence-corrected chi connectivity index (χ2v) is 6.27. The van der Waals surface area contributed by atoms with E-state index in [1.807, 2.05) is 6.07 Å². The van der Waals surface area contributed by atoms with E-state index in [1.54, 1.807) is 30.3 Å². The van der Waals surface area contributed by atoms with Crippen molar-refractivity contribution in [2.24, 2.45) is 0 Å². The quantitative estimate of drug-likeness (QED) is 0.665. The van der Waals surface area contributed by atoms with E-state index in [-0.39, 0.29) is 18.3 Å². The monoisotopic (exact) mass is 370 g/mol. The standard InChI is InChI=1S/C15H9BrCl2O2/c16-12-6-9(18)1-3-10(12)15-7-13(19)11-5-8(17)2-4-14(11)20-15/h1-6,15H,7H2. The molecule has 1 aliphatic rings. The lowest BCUT2D eigenvalue weighted by Crippen LogP contribution is -2.20. The van der Waals surface area contributed by atoms with Gasteiger partial charge in [0.1, 0.15) is 11.9 Å². The van der Waals surface area contributed by atoms with Crippen molar-refractivity contribution >= 4 is 44.9 Å². The number of benzene rings is 2. The van der Waals surface area contributed by atoms with Crippen molar-refractivity contribution in [1.29, 1.82) is 0 Å². The van der Waals surface area contributed by atoms with Crippen molar-refractivity contribution in [3.8, 4) is 5.75 Å². The summed E-state index contributed by atoms with van der Waals surface area (Å²) in [5.41, 5.74) is 1.45. The van der Waals surface area contributed by atoms with E-state index in [0.717, 1.165) is 10.0 Å². The van der Waals surface area contributed by atoms with Gasteiger partial charge < -0.3 is 4.74 Å². The second kappa shape index (κ2) is 5.40. The third-order valence-electron chi connectivity index (χ3n) is 3.19. The van der Waals surface area contributed by atoms with Gasteiger partial charge in [-0.1, -0.05) is 45.2 Å². The molecule has 0 N–H and O–H groups in total. The molecule has 2 aromatic rings. The van der Waals surface area contributed by atoms with E-state index in [9.17, 15) is 4.79 Å². The highest BCUT2D eigenvalue weighted by Crippen LogP contribution is 2.38. The van der Waals surface area contributed by atoms with E-state index in [2.05, 4.69) is 15.9 Å². The molecule has 1 heterocycles. The van der Waals surface area contributed by atoms with Gasteiger partial charge in [0.05, 0.1) is 12.0 Å². The third-order valence-corrected chi connectivity index (χ3v) is 4.35. The summed E-state index contributed by atoms with van der Waals surface area (Å²) < 4.78 is 6.75. The Kier molecular flexibility index (Phi) is 3.76. The van der Waals surface area contributed by atoms with Crippen LogP contribution in [0.2, 0.25) is 10.0 Å². The largest absolute Gasteiger partial charge is 0.484 e. The highest BCUT2D eigenvalue weighted by Gasteiger charge is 2.28. The van der Waals surface area contributed by atoms with E-state index < -0.39 is 0 Å². The zero-order chi connectivity index (χ0) is 14.3. The molecular weight excluding hydrogens is 363 g/mol. The summed E-state index contributed by atoms with van der Waals surface area (Å²) in [6.07, 6.45) is -0.0315. The highest BCUT2D eigenvalue weighted by atomic mass is 79.9. The minimum Gasteiger partial charge on any atom is -0.484 e. The maximum Gasteiger partial charge on any atom is 0.170 e. The SMILES string of the molecule is O=C1CC(c2ccc(Cl)cc2Br)Oc2ccc(Cl)cc21. The van der Waals surface area contributed by atoms with Crippen LogP contribution in [0.4, 0.5) is 0 Å². The molecule has 0 radical (unpaired) electrons. The summed E-state index contributed by atoms with van der Waals surface area (Å²) >= 11 is 15.3. The van der Waals surface area contributed by atoms with Crippen molar-refractivity contribution in [3.05, 3.63) is 62.0 Å². The molecule has 0 saturated heterocycles. The zero-order valence-corrected chi connectivity index (χ0v) is 13.3. The molecular formula is C15H9BrCl2O2. The number of ketones is 1. The van der Waals surface area contributed by atoms with E-state index in [0.29, 0.717) is 21.4 Å². The number of halogens is 3. The van der Waals surface area contributed by atoms with Crippen molar-refractivity contribution in [2.75, 3.05) is 0 Å². The van der Waals surface area contributed by atoms with E-state index in [4.69, 9.17) is 27.9 Å². The molecule has 1 aliphatic heterocycles. The summed E-state index contributed by atoms with van der Waals surface area (Å²) in [7, 11) is 0. The fourth-order valence-corrected chi connectivity index (χ4v) is 3.34. The number of hydrogen-bond donors (Lipinski definition) is 0. The number of hydrogen-bond acceptors (Lipinski definition) is 2. The molecule has 0 aliphatic carbocycles. The van der Waals surface area contributed by atoms with E-state index >= 15 is 0 Å². The van der Waals surface area contributed by atoms with Crippen molar-refractivity contribution < 1.29 is 9.53 Å². The lowest BCUT2D eigenvalue weighted by molar-refractivity contribution is 0.0849. The zero-order valence-electron chi connectivity index (χ0n) is 10.2. The number of fused-ring (bicyclic) bond motifs is 1. The fraction of sp³-hybridized carbons (Fsp3) is 0.133. The second-order valence-electron chi connectivity index (χ2n) is 4.54. The molecule has 102 valence electrons. The van der Waals surface area contributed by atoms with Gasteiger partial charge in [0, 0.05) is 20.1 Å². The molecule has 0 spiro atoms. The number of rotatable bonds is 1. The minimum atomic E-state index is -0.317. The van der Waals surface area contributed by atoms with Crippen molar-refractivity contribution in [2.45, 2.75) is 12.5 Å². The predicted molar refractivity (Wildman–Crippen MR) is 82.9 cm³/mol. The third kappa shape index (κ3) is 2.58. The number of carbonyl (C=O) groups is 1. The molecule has 1 atom stereocenters. The van der Waals surface area contributed by atoms with Crippen LogP contribution in [-0.2, 0) is 0 Å². The molecule has 0 bridgehead atoms. The van der Waals surface area contributed by atoms with Crippen molar-refractivity contribution in [1.82, 2.24) is 0 Å². The number of carbonyl (C=O) groups excluding carboxylic acids is 1. The predicted octanol–water partition coefficient (Wildman–Crippen LogP) is 5.46.